The summed E-state index contributed by atoms with van der Waals surface area (Å²) in [7, 11) is 0. The number of aliphatic hydroxyl groups is 3. The zero-order valence-electron chi connectivity index (χ0n) is 14.8. The van der Waals surface area contributed by atoms with Crippen LogP contribution in [0, 0.1) is 0 Å². The Balaban J connectivity index is 2.32. The molecule has 0 radical (unpaired) electrons. The highest BCUT2D eigenvalue weighted by atomic mass is 16.6. The molecule has 0 bridgehead atoms. The van der Waals surface area contributed by atoms with Crippen molar-refractivity contribution in [2.24, 2.45) is 0 Å². The van der Waals surface area contributed by atoms with E-state index in [2.05, 4.69) is 4.98 Å². The SMILES string of the molecule is CCCC(=O)CC(C)=Cc1cn([C@@H]2O[C@H](CO)[C@@H](O)[C@H]2O)c(=O)nc1N. The van der Waals surface area contributed by atoms with Crippen LogP contribution in [0.2, 0.25) is 0 Å². The molecule has 9 heteroatoms. The Morgan fingerprint density at radius 3 is 2.69 bits per heavy atom. The molecule has 4 atom stereocenters. The molecule has 1 fully saturated rings. The van der Waals surface area contributed by atoms with E-state index in [0.29, 0.717) is 12.0 Å². The number of aliphatic hydroxyl groups excluding tert-OH is 3. The molecule has 0 saturated carbocycles. The first-order valence-electron chi connectivity index (χ1n) is 8.48. The number of anilines is 1. The number of carbonyl (C=O) groups is 1. The largest absolute Gasteiger partial charge is 0.394 e. The van der Waals surface area contributed by atoms with E-state index in [4.69, 9.17) is 10.5 Å². The number of nitrogen functional groups attached to an aromatic ring is 1. The number of nitrogens with two attached hydrogens (primary N) is 1. The quantitative estimate of drug-likeness (QED) is 0.509. The fourth-order valence-electron chi connectivity index (χ4n) is 2.89. The van der Waals surface area contributed by atoms with Crippen LogP contribution in [0.3, 0.4) is 0 Å². The van der Waals surface area contributed by atoms with E-state index >= 15 is 0 Å². The van der Waals surface area contributed by atoms with Crippen LogP contribution in [0.15, 0.2) is 16.6 Å². The van der Waals surface area contributed by atoms with Gasteiger partial charge in [-0.2, -0.15) is 4.98 Å². The van der Waals surface area contributed by atoms with Crippen molar-refractivity contribution in [1.82, 2.24) is 9.55 Å². The van der Waals surface area contributed by atoms with Crippen LogP contribution < -0.4 is 11.4 Å². The van der Waals surface area contributed by atoms with Gasteiger partial charge in [-0.1, -0.05) is 18.6 Å². The van der Waals surface area contributed by atoms with Crippen LogP contribution in [-0.2, 0) is 9.53 Å². The van der Waals surface area contributed by atoms with Gasteiger partial charge in [-0.15, -0.1) is 0 Å². The van der Waals surface area contributed by atoms with E-state index in [1.165, 1.54) is 6.20 Å². The molecular weight excluding hydrogens is 342 g/mol. The summed E-state index contributed by atoms with van der Waals surface area (Å²) in [6.45, 7) is 3.20. The maximum atomic E-state index is 12.1. The van der Waals surface area contributed by atoms with Crippen molar-refractivity contribution in [3.63, 3.8) is 0 Å². The lowest BCUT2D eigenvalue weighted by Crippen LogP contribution is -2.36. The predicted molar refractivity (Wildman–Crippen MR) is 94.1 cm³/mol. The van der Waals surface area contributed by atoms with Crippen molar-refractivity contribution in [1.29, 1.82) is 0 Å². The molecule has 1 aromatic rings. The normalized spacial score (nSPS) is 26.3. The van der Waals surface area contributed by atoms with Crippen molar-refractivity contribution in [2.75, 3.05) is 12.3 Å². The maximum absolute atomic E-state index is 12.1. The molecule has 1 aliphatic rings. The molecule has 2 heterocycles. The lowest BCUT2D eigenvalue weighted by molar-refractivity contribution is -0.118. The van der Waals surface area contributed by atoms with E-state index in [9.17, 15) is 24.9 Å². The summed E-state index contributed by atoms with van der Waals surface area (Å²) in [6, 6.07) is 0. The Hall–Kier alpha value is -2.07. The third-order valence-electron chi connectivity index (χ3n) is 4.21. The van der Waals surface area contributed by atoms with Crippen LogP contribution in [0.4, 0.5) is 5.82 Å². The van der Waals surface area contributed by atoms with Gasteiger partial charge >= 0.3 is 5.69 Å². The fourth-order valence-corrected chi connectivity index (χ4v) is 2.89. The summed E-state index contributed by atoms with van der Waals surface area (Å²) < 4.78 is 6.38. The summed E-state index contributed by atoms with van der Waals surface area (Å²) in [5.41, 5.74) is 6.19. The van der Waals surface area contributed by atoms with Gasteiger partial charge in [0.2, 0.25) is 0 Å². The topological polar surface area (TPSA) is 148 Å². The number of ether oxygens (including phenoxy) is 1. The minimum absolute atomic E-state index is 0.0136. The molecule has 0 spiro atoms. The maximum Gasteiger partial charge on any atom is 0.351 e. The third-order valence-corrected chi connectivity index (χ3v) is 4.21. The molecule has 0 unspecified atom stereocenters. The molecule has 0 aliphatic carbocycles. The monoisotopic (exact) mass is 367 g/mol. The van der Waals surface area contributed by atoms with Crippen molar-refractivity contribution < 1.29 is 24.9 Å². The van der Waals surface area contributed by atoms with Crippen molar-refractivity contribution >= 4 is 17.7 Å². The summed E-state index contributed by atoms with van der Waals surface area (Å²) >= 11 is 0. The zero-order chi connectivity index (χ0) is 19.4. The van der Waals surface area contributed by atoms with Gasteiger partial charge in [-0.25, -0.2) is 4.79 Å². The molecule has 0 aromatic carbocycles. The van der Waals surface area contributed by atoms with Crippen LogP contribution in [0.25, 0.3) is 6.08 Å². The molecule has 26 heavy (non-hydrogen) atoms. The Kier molecular flexibility index (Phi) is 6.65. The van der Waals surface area contributed by atoms with Gasteiger partial charge < -0.3 is 25.8 Å². The minimum atomic E-state index is -1.40. The van der Waals surface area contributed by atoms with E-state index < -0.39 is 36.8 Å². The second-order valence-corrected chi connectivity index (χ2v) is 6.46. The number of aromatic nitrogens is 2. The minimum Gasteiger partial charge on any atom is -0.394 e. The van der Waals surface area contributed by atoms with Gasteiger partial charge in [0.1, 0.15) is 29.9 Å². The molecule has 1 aliphatic heterocycles. The number of Topliss-reactive ketones (excluding diaryl/α,β-unsaturated/α-hetero) is 1. The van der Waals surface area contributed by atoms with Crippen molar-refractivity contribution in [3.8, 4) is 0 Å². The smallest absolute Gasteiger partial charge is 0.351 e. The van der Waals surface area contributed by atoms with Crippen molar-refractivity contribution in [2.45, 2.75) is 57.6 Å². The predicted octanol–water partition coefficient (Wildman–Crippen LogP) is -0.400. The van der Waals surface area contributed by atoms with E-state index in [-0.39, 0.29) is 18.0 Å². The van der Waals surface area contributed by atoms with E-state index in [0.717, 1.165) is 16.6 Å². The van der Waals surface area contributed by atoms with E-state index in [1.807, 2.05) is 6.92 Å². The number of allylic oxidation sites excluding steroid dienone is 1. The van der Waals surface area contributed by atoms with Gasteiger partial charge in [0.15, 0.2) is 6.23 Å². The molecule has 1 saturated heterocycles. The van der Waals surface area contributed by atoms with E-state index in [1.54, 1.807) is 13.0 Å². The molecule has 1 aromatic heterocycles. The third kappa shape index (κ3) is 4.36. The van der Waals surface area contributed by atoms with Crippen LogP contribution >= 0.6 is 0 Å². The lowest BCUT2D eigenvalue weighted by Gasteiger charge is -2.18. The first-order valence-corrected chi connectivity index (χ1v) is 8.48. The highest BCUT2D eigenvalue weighted by molar-refractivity contribution is 5.82. The Labute approximate surface area is 150 Å². The molecule has 2 rings (SSSR count). The summed E-state index contributed by atoms with van der Waals surface area (Å²) in [6.07, 6.45) is -0.413. The Bertz CT molecular complexity index is 745. The fraction of sp³-hybridized carbons (Fsp3) is 0.588. The zero-order valence-corrected chi connectivity index (χ0v) is 14.8. The van der Waals surface area contributed by atoms with Gasteiger partial charge in [-0.05, 0) is 13.3 Å². The Morgan fingerprint density at radius 1 is 1.42 bits per heavy atom. The summed E-state index contributed by atoms with van der Waals surface area (Å²) in [5, 5.41) is 29.1. The molecule has 9 nitrogen and oxygen atoms in total. The molecule has 5 N–H and O–H groups in total. The van der Waals surface area contributed by atoms with Gasteiger partial charge in [0.05, 0.1) is 6.61 Å². The summed E-state index contributed by atoms with van der Waals surface area (Å²) in [5.74, 6) is 0.0878. The number of nitrogens with zero attached hydrogens (tertiary/aromatic N) is 2. The number of hydrogen-bond acceptors (Lipinski definition) is 8. The summed E-state index contributed by atoms with van der Waals surface area (Å²) in [4.78, 5) is 27.6. The van der Waals surface area contributed by atoms with Crippen molar-refractivity contribution in [3.05, 3.63) is 27.8 Å². The van der Waals surface area contributed by atoms with Gasteiger partial charge in [0.25, 0.3) is 0 Å². The average Bonchev–Trinajstić information content (AvgIpc) is 2.85. The van der Waals surface area contributed by atoms with Gasteiger partial charge in [0, 0.05) is 24.6 Å². The molecule has 144 valence electrons. The average molecular weight is 367 g/mol. The van der Waals surface area contributed by atoms with Crippen LogP contribution in [0.1, 0.15) is 44.9 Å². The second-order valence-electron chi connectivity index (χ2n) is 6.46. The van der Waals surface area contributed by atoms with Gasteiger partial charge in [-0.3, -0.25) is 9.36 Å². The van der Waals surface area contributed by atoms with Crippen LogP contribution in [0.5, 0.6) is 0 Å². The molecular formula is C17H25N3O6. The molecule has 0 amide bonds. The Morgan fingerprint density at radius 2 is 2.12 bits per heavy atom. The first-order chi connectivity index (χ1) is 12.3. The highest BCUT2D eigenvalue weighted by Gasteiger charge is 2.43. The second kappa shape index (κ2) is 8.54. The number of hydrogen-bond donors (Lipinski definition) is 4. The van der Waals surface area contributed by atoms with Crippen LogP contribution in [-0.4, -0.2) is 55.6 Å². The first kappa shape index (κ1) is 20.2. The lowest BCUT2D eigenvalue weighted by atomic mass is 10.1. The number of carbonyl (C=O) groups excluding carboxylic acids is 1. The number of ketones is 1. The number of rotatable bonds is 7. The highest BCUT2D eigenvalue weighted by Crippen LogP contribution is 2.28. The standard InChI is InChI=1S/C17H25N3O6/c1-3-4-11(22)6-9(2)5-10-7-20(17(25)19-15(10)18)16-14(24)13(23)12(8-21)26-16/h5,7,12-14,16,21,23-24H,3-4,6,8H2,1-2H3,(H2,18,19,25)/t12-,13-,14-,16-/m1/s1.